The number of amides is 2. The average molecular weight is 305 g/mol. The molecule has 1 aliphatic heterocycles. The molecule has 2 amide bonds. The number of anilines is 1. The van der Waals surface area contributed by atoms with Crippen molar-refractivity contribution in [1.82, 2.24) is 10.2 Å². The molecule has 1 aromatic carbocycles. The molecule has 22 heavy (non-hydrogen) atoms. The standard InChI is InChI=1S/C16H20FN3O2/c17-12-1-5-14(6-2-12)19-7-9-20(10-8-19)16(22)11-15(21)18-13-3-4-13/h1-2,5-6,13H,3-4,7-11H2,(H,18,21). The van der Waals surface area contributed by atoms with E-state index in [0.717, 1.165) is 18.5 Å². The van der Waals surface area contributed by atoms with Gasteiger partial charge >= 0.3 is 0 Å². The summed E-state index contributed by atoms with van der Waals surface area (Å²) >= 11 is 0. The van der Waals surface area contributed by atoms with Crippen molar-refractivity contribution in [2.75, 3.05) is 31.1 Å². The smallest absolute Gasteiger partial charge is 0.232 e. The highest BCUT2D eigenvalue weighted by atomic mass is 19.1. The van der Waals surface area contributed by atoms with E-state index in [9.17, 15) is 14.0 Å². The molecule has 1 aliphatic carbocycles. The third-order valence-corrected chi connectivity index (χ3v) is 4.08. The van der Waals surface area contributed by atoms with Gasteiger partial charge in [0.25, 0.3) is 0 Å². The molecule has 1 N–H and O–H groups in total. The lowest BCUT2D eigenvalue weighted by atomic mass is 10.2. The number of rotatable bonds is 4. The van der Waals surface area contributed by atoms with Crippen LogP contribution in [0.25, 0.3) is 0 Å². The van der Waals surface area contributed by atoms with Gasteiger partial charge in [-0.25, -0.2) is 4.39 Å². The van der Waals surface area contributed by atoms with Crippen molar-refractivity contribution >= 4 is 17.5 Å². The van der Waals surface area contributed by atoms with E-state index in [-0.39, 0.29) is 30.1 Å². The molecular weight excluding hydrogens is 285 g/mol. The number of hydrogen-bond acceptors (Lipinski definition) is 3. The van der Waals surface area contributed by atoms with Gasteiger partial charge in [-0.2, -0.15) is 0 Å². The predicted octanol–water partition coefficient (Wildman–Crippen LogP) is 1.14. The van der Waals surface area contributed by atoms with E-state index >= 15 is 0 Å². The number of carbonyl (C=O) groups is 2. The summed E-state index contributed by atoms with van der Waals surface area (Å²) in [5, 5.41) is 2.83. The fourth-order valence-corrected chi connectivity index (χ4v) is 2.62. The minimum absolute atomic E-state index is 0.0625. The molecule has 2 fully saturated rings. The SMILES string of the molecule is O=C(CC(=O)N1CCN(c2ccc(F)cc2)CC1)NC1CC1. The van der Waals surface area contributed by atoms with E-state index in [1.165, 1.54) is 12.1 Å². The summed E-state index contributed by atoms with van der Waals surface area (Å²) in [6.07, 6.45) is 1.99. The molecule has 1 saturated carbocycles. The van der Waals surface area contributed by atoms with Crippen molar-refractivity contribution in [1.29, 1.82) is 0 Å². The Bertz CT molecular complexity index is 549. The molecule has 0 aromatic heterocycles. The van der Waals surface area contributed by atoms with Gasteiger partial charge in [0.15, 0.2) is 0 Å². The Hall–Kier alpha value is -2.11. The van der Waals surface area contributed by atoms with Crippen LogP contribution in [-0.4, -0.2) is 48.9 Å². The van der Waals surface area contributed by atoms with E-state index in [1.54, 1.807) is 17.0 Å². The summed E-state index contributed by atoms with van der Waals surface area (Å²) in [5.41, 5.74) is 0.958. The highest BCUT2D eigenvalue weighted by Crippen LogP contribution is 2.19. The van der Waals surface area contributed by atoms with Crippen molar-refractivity contribution in [2.45, 2.75) is 25.3 Å². The average Bonchev–Trinajstić information content (AvgIpc) is 3.32. The van der Waals surface area contributed by atoms with Crippen molar-refractivity contribution < 1.29 is 14.0 Å². The quantitative estimate of drug-likeness (QED) is 0.849. The van der Waals surface area contributed by atoms with Crippen molar-refractivity contribution in [3.8, 4) is 0 Å². The van der Waals surface area contributed by atoms with Gasteiger partial charge in [-0.15, -0.1) is 0 Å². The van der Waals surface area contributed by atoms with E-state index in [4.69, 9.17) is 0 Å². The maximum Gasteiger partial charge on any atom is 0.232 e. The Labute approximate surface area is 129 Å². The third kappa shape index (κ3) is 3.75. The maximum atomic E-state index is 12.9. The lowest BCUT2D eigenvalue weighted by Crippen LogP contribution is -2.49. The zero-order valence-electron chi connectivity index (χ0n) is 12.4. The minimum atomic E-state index is -0.251. The van der Waals surface area contributed by atoms with E-state index in [1.807, 2.05) is 0 Å². The number of benzene rings is 1. The first-order valence-corrected chi connectivity index (χ1v) is 7.69. The Balaban J connectivity index is 1.47. The Morgan fingerprint density at radius 3 is 2.32 bits per heavy atom. The second kappa shape index (κ2) is 6.34. The second-order valence-corrected chi connectivity index (χ2v) is 5.86. The van der Waals surface area contributed by atoms with Crippen LogP contribution in [0.2, 0.25) is 0 Å². The van der Waals surface area contributed by atoms with Crippen molar-refractivity contribution in [3.63, 3.8) is 0 Å². The van der Waals surface area contributed by atoms with Gasteiger partial charge in [-0.1, -0.05) is 0 Å². The summed E-state index contributed by atoms with van der Waals surface area (Å²) in [6.45, 7) is 2.57. The maximum absolute atomic E-state index is 12.9. The molecular formula is C16H20FN3O2. The molecule has 1 saturated heterocycles. The fraction of sp³-hybridized carbons (Fsp3) is 0.500. The lowest BCUT2D eigenvalue weighted by Gasteiger charge is -2.36. The van der Waals surface area contributed by atoms with Crippen LogP contribution < -0.4 is 10.2 Å². The monoisotopic (exact) mass is 305 g/mol. The van der Waals surface area contributed by atoms with E-state index in [2.05, 4.69) is 10.2 Å². The predicted molar refractivity (Wildman–Crippen MR) is 81.0 cm³/mol. The molecule has 0 unspecified atom stereocenters. The van der Waals surface area contributed by atoms with Crippen LogP contribution in [0.5, 0.6) is 0 Å². The molecule has 6 heteroatoms. The number of nitrogens with one attached hydrogen (secondary N) is 1. The lowest BCUT2D eigenvalue weighted by molar-refractivity contribution is -0.136. The van der Waals surface area contributed by atoms with Crippen LogP contribution in [0, 0.1) is 5.82 Å². The first-order chi connectivity index (χ1) is 10.6. The fourth-order valence-electron chi connectivity index (χ4n) is 2.62. The largest absolute Gasteiger partial charge is 0.368 e. The summed E-state index contributed by atoms with van der Waals surface area (Å²) in [4.78, 5) is 27.6. The zero-order chi connectivity index (χ0) is 15.5. The Morgan fingerprint density at radius 2 is 1.73 bits per heavy atom. The molecule has 1 heterocycles. The molecule has 1 aromatic rings. The normalized spacial score (nSPS) is 18.2. The molecule has 0 bridgehead atoms. The van der Waals surface area contributed by atoms with Crippen LogP contribution in [0.4, 0.5) is 10.1 Å². The van der Waals surface area contributed by atoms with Gasteiger partial charge in [-0.05, 0) is 37.1 Å². The summed E-state index contributed by atoms with van der Waals surface area (Å²) in [5.74, 6) is -0.537. The Kier molecular flexibility index (Phi) is 4.27. The number of halogens is 1. The summed E-state index contributed by atoms with van der Waals surface area (Å²) in [7, 11) is 0. The van der Waals surface area contributed by atoms with Gasteiger partial charge in [0, 0.05) is 37.9 Å². The first kappa shape index (κ1) is 14.8. The van der Waals surface area contributed by atoms with Crippen LogP contribution in [0.15, 0.2) is 24.3 Å². The molecule has 0 radical (unpaired) electrons. The molecule has 0 atom stereocenters. The molecule has 118 valence electrons. The number of hydrogen-bond donors (Lipinski definition) is 1. The zero-order valence-corrected chi connectivity index (χ0v) is 12.4. The summed E-state index contributed by atoms with van der Waals surface area (Å²) in [6, 6.07) is 6.66. The van der Waals surface area contributed by atoms with Gasteiger partial charge in [0.1, 0.15) is 12.2 Å². The van der Waals surface area contributed by atoms with Gasteiger partial charge in [0.2, 0.25) is 11.8 Å². The second-order valence-electron chi connectivity index (χ2n) is 5.86. The number of carbonyl (C=O) groups excluding carboxylic acids is 2. The highest BCUT2D eigenvalue weighted by Gasteiger charge is 2.26. The van der Waals surface area contributed by atoms with Crippen molar-refractivity contribution in [2.24, 2.45) is 0 Å². The van der Waals surface area contributed by atoms with Crippen LogP contribution in [-0.2, 0) is 9.59 Å². The highest BCUT2D eigenvalue weighted by molar-refractivity contribution is 5.97. The Morgan fingerprint density at radius 1 is 1.09 bits per heavy atom. The van der Waals surface area contributed by atoms with Crippen LogP contribution >= 0.6 is 0 Å². The van der Waals surface area contributed by atoms with E-state index in [0.29, 0.717) is 26.2 Å². The third-order valence-electron chi connectivity index (χ3n) is 4.08. The molecule has 2 aliphatic rings. The summed E-state index contributed by atoms with van der Waals surface area (Å²) < 4.78 is 12.9. The first-order valence-electron chi connectivity index (χ1n) is 7.69. The van der Waals surface area contributed by atoms with Gasteiger partial charge in [0.05, 0.1) is 0 Å². The molecule has 5 nitrogen and oxygen atoms in total. The number of nitrogens with zero attached hydrogens (tertiary/aromatic N) is 2. The van der Waals surface area contributed by atoms with Crippen molar-refractivity contribution in [3.05, 3.63) is 30.1 Å². The van der Waals surface area contributed by atoms with Crippen LogP contribution in [0.3, 0.4) is 0 Å². The number of piperazine rings is 1. The molecule has 0 spiro atoms. The van der Waals surface area contributed by atoms with E-state index < -0.39 is 0 Å². The van der Waals surface area contributed by atoms with Gasteiger partial charge in [-0.3, -0.25) is 9.59 Å². The molecule has 3 rings (SSSR count). The van der Waals surface area contributed by atoms with Gasteiger partial charge < -0.3 is 15.1 Å². The minimum Gasteiger partial charge on any atom is -0.368 e. The topological polar surface area (TPSA) is 52.7 Å². The van der Waals surface area contributed by atoms with Crippen LogP contribution in [0.1, 0.15) is 19.3 Å².